The molecule has 22 heavy (non-hydrogen) atoms. The molecule has 0 atom stereocenters. The van der Waals surface area contributed by atoms with Crippen LogP contribution in [0.5, 0.6) is 5.75 Å². The lowest BCUT2D eigenvalue weighted by Gasteiger charge is -2.07. The monoisotopic (exact) mass is 295 g/mol. The summed E-state index contributed by atoms with van der Waals surface area (Å²) in [6.45, 7) is 3.14. The lowest BCUT2D eigenvalue weighted by atomic mass is 10.2. The van der Waals surface area contributed by atoms with Gasteiger partial charge < -0.3 is 10.1 Å². The maximum Gasteiger partial charge on any atom is 0.251 e. The third-order valence-corrected chi connectivity index (χ3v) is 3.20. The van der Waals surface area contributed by atoms with Crippen LogP contribution in [-0.4, -0.2) is 12.5 Å². The predicted molar refractivity (Wildman–Crippen MR) is 89.0 cm³/mol. The van der Waals surface area contributed by atoms with Gasteiger partial charge in [0.25, 0.3) is 5.91 Å². The second kappa shape index (κ2) is 8.67. The highest BCUT2D eigenvalue weighted by Gasteiger charge is 2.04. The number of ether oxygens (including phenoxy) is 1. The molecule has 0 aliphatic rings. The van der Waals surface area contributed by atoms with E-state index in [4.69, 9.17) is 4.74 Å². The van der Waals surface area contributed by atoms with Crippen LogP contribution >= 0.6 is 0 Å². The Morgan fingerprint density at radius 3 is 2.50 bits per heavy atom. The third-order valence-electron chi connectivity index (χ3n) is 3.20. The molecule has 3 nitrogen and oxygen atoms in total. The molecular formula is C19H21NO2. The molecule has 0 spiro atoms. The van der Waals surface area contributed by atoms with Gasteiger partial charge in [-0.25, -0.2) is 0 Å². The zero-order valence-corrected chi connectivity index (χ0v) is 12.8. The minimum atomic E-state index is -0.0564. The van der Waals surface area contributed by atoms with Crippen molar-refractivity contribution in [3.63, 3.8) is 0 Å². The van der Waals surface area contributed by atoms with Crippen molar-refractivity contribution in [2.45, 2.75) is 20.0 Å². The topological polar surface area (TPSA) is 38.3 Å². The van der Waals surface area contributed by atoms with E-state index >= 15 is 0 Å². The molecule has 2 aromatic carbocycles. The molecule has 2 aromatic rings. The molecule has 114 valence electrons. The van der Waals surface area contributed by atoms with Crippen LogP contribution in [0.15, 0.2) is 66.7 Å². The lowest BCUT2D eigenvalue weighted by Crippen LogP contribution is -2.23. The van der Waals surface area contributed by atoms with Gasteiger partial charge in [0.15, 0.2) is 0 Å². The number of rotatable bonds is 7. The second-order valence-corrected chi connectivity index (χ2v) is 4.91. The standard InChI is InChI=1S/C19H21NO2/c1-2-3-7-14-20-19(21)17-10-12-18(13-11-17)22-15-16-8-5-4-6-9-16/h2-6,8-13H,7,14-15H2,1H3,(H,20,21)/b3-2+. The van der Waals surface area contributed by atoms with Crippen LogP contribution in [0, 0.1) is 0 Å². The zero-order valence-electron chi connectivity index (χ0n) is 12.8. The molecule has 1 N–H and O–H groups in total. The summed E-state index contributed by atoms with van der Waals surface area (Å²) in [5.41, 5.74) is 1.76. The van der Waals surface area contributed by atoms with Gasteiger partial charge >= 0.3 is 0 Å². The predicted octanol–water partition coefficient (Wildman–Crippen LogP) is 3.96. The maximum absolute atomic E-state index is 11.9. The van der Waals surface area contributed by atoms with Crippen LogP contribution in [0.3, 0.4) is 0 Å². The fraction of sp³-hybridized carbons (Fsp3) is 0.211. The van der Waals surface area contributed by atoms with Crippen molar-refractivity contribution in [1.29, 1.82) is 0 Å². The molecule has 0 unspecified atom stereocenters. The highest BCUT2D eigenvalue weighted by Crippen LogP contribution is 2.14. The number of carbonyl (C=O) groups is 1. The molecule has 0 bridgehead atoms. The summed E-state index contributed by atoms with van der Waals surface area (Å²) in [6.07, 6.45) is 4.85. The first kappa shape index (κ1) is 15.8. The minimum absolute atomic E-state index is 0.0564. The maximum atomic E-state index is 11.9. The molecule has 0 aliphatic heterocycles. The van der Waals surface area contributed by atoms with Gasteiger partial charge in [-0.3, -0.25) is 4.79 Å². The number of hydrogen-bond donors (Lipinski definition) is 1. The first-order valence-corrected chi connectivity index (χ1v) is 7.46. The summed E-state index contributed by atoms with van der Waals surface area (Å²) in [5.74, 6) is 0.702. The fourth-order valence-corrected chi connectivity index (χ4v) is 1.98. The second-order valence-electron chi connectivity index (χ2n) is 4.91. The Kier molecular flexibility index (Phi) is 6.24. The van der Waals surface area contributed by atoms with Crippen molar-refractivity contribution in [2.75, 3.05) is 6.54 Å². The zero-order chi connectivity index (χ0) is 15.6. The van der Waals surface area contributed by atoms with Crippen molar-refractivity contribution in [3.05, 3.63) is 77.9 Å². The van der Waals surface area contributed by atoms with Crippen LogP contribution in [0.2, 0.25) is 0 Å². The van der Waals surface area contributed by atoms with Crippen molar-refractivity contribution in [2.24, 2.45) is 0 Å². The fourth-order valence-electron chi connectivity index (χ4n) is 1.98. The first-order chi connectivity index (χ1) is 10.8. The average Bonchev–Trinajstić information content (AvgIpc) is 2.58. The van der Waals surface area contributed by atoms with E-state index in [-0.39, 0.29) is 5.91 Å². The van der Waals surface area contributed by atoms with Crippen molar-refractivity contribution in [3.8, 4) is 5.75 Å². The van der Waals surface area contributed by atoms with E-state index in [2.05, 4.69) is 5.32 Å². The third kappa shape index (κ3) is 5.09. The summed E-state index contributed by atoms with van der Waals surface area (Å²) in [7, 11) is 0. The van der Waals surface area contributed by atoms with Gasteiger partial charge in [0, 0.05) is 12.1 Å². The van der Waals surface area contributed by atoms with Gasteiger partial charge in [-0.1, -0.05) is 42.5 Å². The van der Waals surface area contributed by atoms with Gasteiger partial charge in [0.2, 0.25) is 0 Å². The van der Waals surface area contributed by atoms with Crippen LogP contribution in [0.4, 0.5) is 0 Å². The van der Waals surface area contributed by atoms with Crippen molar-refractivity contribution in [1.82, 2.24) is 5.32 Å². The molecule has 0 aromatic heterocycles. The highest BCUT2D eigenvalue weighted by molar-refractivity contribution is 5.94. The highest BCUT2D eigenvalue weighted by atomic mass is 16.5. The Morgan fingerprint density at radius 1 is 1.09 bits per heavy atom. The number of hydrogen-bond acceptors (Lipinski definition) is 2. The normalized spacial score (nSPS) is 10.6. The van der Waals surface area contributed by atoms with E-state index in [1.54, 1.807) is 12.1 Å². The van der Waals surface area contributed by atoms with E-state index in [1.165, 1.54) is 0 Å². The van der Waals surface area contributed by atoms with Crippen LogP contribution in [0.25, 0.3) is 0 Å². The van der Waals surface area contributed by atoms with E-state index in [0.717, 1.165) is 17.7 Å². The largest absolute Gasteiger partial charge is 0.489 e. The Bertz CT molecular complexity index is 603. The lowest BCUT2D eigenvalue weighted by molar-refractivity contribution is 0.0954. The van der Waals surface area contributed by atoms with Crippen molar-refractivity contribution < 1.29 is 9.53 Å². The summed E-state index contributed by atoms with van der Waals surface area (Å²) >= 11 is 0. The SMILES string of the molecule is C/C=C/CCNC(=O)c1ccc(OCc2ccccc2)cc1. The number of amides is 1. The molecule has 3 heteroatoms. The summed E-state index contributed by atoms with van der Waals surface area (Å²) in [5, 5.41) is 2.88. The van der Waals surface area contributed by atoms with Gasteiger partial charge in [-0.15, -0.1) is 0 Å². The minimum Gasteiger partial charge on any atom is -0.489 e. The smallest absolute Gasteiger partial charge is 0.251 e. The van der Waals surface area contributed by atoms with Gasteiger partial charge in [-0.2, -0.15) is 0 Å². The Hall–Kier alpha value is -2.55. The molecule has 0 saturated carbocycles. The quantitative estimate of drug-likeness (QED) is 0.620. The van der Waals surface area contributed by atoms with Gasteiger partial charge in [0.1, 0.15) is 12.4 Å². The Balaban J connectivity index is 1.83. The molecule has 0 radical (unpaired) electrons. The van der Waals surface area contributed by atoms with Crippen LogP contribution in [-0.2, 0) is 6.61 Å². The molecular weight excluding hydrogens is 274 g/mol. The molecule has 0 fully saturated rings. The summed E-state index contributed by atoms with van der Waals surface area (Å²) in [4.78, 5) is 11.9. The van der Waals surface area contributed by atoms with Crippen LogP contribution in [0.1, 0.15) is 29.3 Å². The van der Waals surface area contributed by atoms with Gasteiger partial charge in [-0.05, 0) is 43.2 Å². The number of allylic oxidation sites excluding steroid dienone is 1. The molecule has 2 rings (SSSR count). The van der Waals surface area contributed by atoms with Crippen LogP contribution < -0.4 is 10.1 Å². The van der Waals surface area contributed by atoms with Crippen molar-refractivity contribution >= 4 is 5.91 Å². The Morgan fingerprint density at radius 2 is 1.82 bits per heavy atom. The molecule has 0 heterocycles. The number of carbonyl (C=O) groups excluding carboxylic acids is 1. The number of nitrogens with one attached hydrogen (secondary N) is 1. The Labute approximate surface area is 131 Å². The summed E-state index contributed by atoms with van der Waals surface area (Å²) < 4.78 is 5.70. The van der Waals surface area contributed by atoms with Gasteiger partial charge in [0.05, 0.1) is 0 Å². The molecule has 0 aliphatic carbocycles. The average molecular weight is 295 g/mol. The first-order valence-electron chi connectivity index (χ1n) is 7.46. The number of benzene rings is 2. The van der Waals surface area contributed by atoms with E-state index in [0.29, 0.717) is 18.7 Å². The summed E-state index contributed by atoms with van der Waals surface area (Å²) in [6, 6.07) is 17.2. The van der Waals surface area contributed by atoms with E-state index in [1.807, 2.05) is 61.5 Å². The van der Waals surface area contributed by atoms with E-state index in [9.17, 15) is 4.79 Å². The molecule has 0 saturated heterocycles. The molecule has 1 amide bonds. The van der Waals surface area contributed by atoms with E-state index < -0.39 is 0 Å².